The van der Waals surface area contributed by atoms with E-state index in [0.717, 1.165) is 16.3 Å². The quantitative estimate of drug-likeness (QED) is 0.822. The number of hydrogen-bond donors (Lipinski definition) is 1. The molecule has 130 valence electrons. The molecule has 0 saturated carbocycles. The molecule has 2 aromatic carbocycles. The minimum Gasteiger partial charge on any atom is -0.469 e. The van der Waals surface area contributed by atoms with Crippen LogP contribution in [0.25, 0.3) is 10.8 Å². The molecule has 0 aliphatic carbocycles. The SMILES string of the molecule is COC(=O)[C@@H](CNC(=O)C(C)(C)C#N)Cc1ccc2ccccc2c1. The summed E-state index contributed by atoms with van der Waals surface area (Å²) in [7, 11) is 1.33. The van der Waals surface area contributed by atoms with E-state index in [0.29, 0.717) is 6.42 Å². The van der Waals surface area contributed by atoms with Gasteiger partial charge in [0.25, 0.3) is 0 Å². The Kier molecular flexibility index (Phi) is 5.76. The van der Waals surface area contributed by atoms with Gasteiger partial charge in [-0.1, -0.05) is 42.5 Å². The van der Waals surface area contributed by atoms with Gasteiger partial charge in [0.2, 0.25) is 5.91 Å². The van der Waals surface area contributed by atoms with E-state index < -0.39 is 17.2 Å². The fourth-order valence-electron chi connectivity index (χ4n) is 2.54. The summed E-state index contributed by atoms with van der Waals surface area (Å²) in [6.45, 7) is 3.21. The summed E-state index contributed by atoms with van der Waals surface area (Å²) in [4.78, 5) is 24.1. The molecule has 2 rings (SSSR count). The second-order valence-electron chi connectivity index (χ2n) is 6.55. The van der Waals surface area contributed by atoms with Crippen molar-refractivity contribution in [1.29, 1.82) is 5.26 Å². The number of amides is 1. The smallest absolute Gasteiger partial charge is 0.310 e. The van der Waals surface area contributed by atoms with Crippen molar-refractivity contribution >= 4 is 22.6 Å². The maximum atomic E-state index is 12.1. The van der Waals surface area contributed by atoms with Crippen molar-refractivity contribution in [2.75, 3.05) is 13.7 Å². The van der Waals surface area contributed by atoms with Crippen molar-refractivity contribution in [3.8, 4) is 6.07 Å². The van der Waals surface area contributed by atoms with Gasteiger partial charge in [0, 0.05) is 6.54 Å². The molecule has 1 N–H and O–H groups in total. The topological polar surface area (TPSA) is 79.2 Å². The molecule has 0 aromatic heterocycles. The van der Waals surface area contributed by atoms with Crippen LogP contribution in [0.3, 0.4) is 0 Å². The summed E-state index contributed by atoms with van der Waals surface area (Å²) in [5, 5.41) is 13.9. The summed E-state index contributed by atoms with van der Waals surface area (Å²) in [5.41, 5.74) is -0.147. The molecule has 0 radical (unpaired) electrons. The number of rotatable bonds is 6. The molecule has 5 nitrogen and oxygen atoms in total. The highest BCUT2D eigenvalue weighted by atomic mass is 16.5. The number of benzene rings is 2. The first-order valence-electron chi connectivity index (χ1n) is 8.12. The molecule has 25 heavy (non-hydrogen) atoms. The molecule has 1 atom stereocenters. The van der Waals surface area contributed by atoms with E-state index >= 15 is 0 Å². The number of esters is 1. The second kappa shape index (κ2) is 7.80. The van der Waals surface area contributed by atoms with Crippen molar-refractivity contribution in [1.82, 2.24) is 5.32 Å². The van der Waals surface area contributed by atoms with Gasteiger partial charge in [-0.2, -0.15) is 5.26 Å². The maximum absolute atomic E-state index is 12.1. The van der Waals surface area contributed by atoms with Crippen LogP contribution in [0.2, 0.25) is 0 Å². The van der Waals surface area contributed by atoms with Gasteiger partial charge in [-0.15, -0.1) is 0 Å². The third kappa shape index (κ3) is 4.57. The number of nitrogens with zero attached hydrogens (tertiary/aromatic N) is 1. The Balaban J connectivity index is 2.13. The molecule has 1 amide bonds. The number of methoxy groups -OCH3 is 1. The number of carbonyl (C=O) groups excluding carboxylic acids is 2. The number of carbonyl (C=O) groups is 2. The van der Waals surface area contributed by atoms with Crippen LogP contribution in [0.5, 0.6) is 0 Å². The normalized spacial score (nSPS) is 12.2. The van der Waals surface area contributed by atoms with E-state index in [2.05, 4.69) is 5.32 Å². The molecule has 0 unspecified atom stereocenters. The van der Waals surface area contributed by atoms with Crippen LogP contribution in [-0.2, 0) is 20.7 Å². The first kappa shape index (κ1) is 18.5. The summed E-state index contributed by atoms with van der Waals surface area (Å²) < 4.78 is 4.86. The summed E-state index contributed by atoms with van der Waals surface area (Å²) in [6, 6.07) is 16.0. The van der Waals surface area contributed by atoms with Gasteiger partial charge >= 0.3 is 5.97 Å². The zero-order valence-corrected chi connectivity index (χ0v) is 14.7. The Morgan fingerprint density at radius 1 is 1.20 bits per heavy atom. The number of hydrogen-bond acceptors (Lipinski definition) is 4. The molecule has 0 spiro atoms. The van der Waals surface area contributed by atoms with Crippen LogP contribution in [0, 0.1) is 22.7 Å². The van der Waals surface area contributed by atoms with E-state index in [1.54, 1.807) is 13.8 Å². The van der Waals surface area contributed by atoms with Crippen LogP contribution in [0.15, 0.2) is 42.5 Å². The minimum atomic E-state index is -1.14. The first-order valence-corrected chi connectivity index (χ1v) is 8.12. The number of nitriles is 1. The summed E-state index contributed by atoms with van der Waals surface area (Å²) >= 11 is 0. The highest BCUT2D eigenvalue weighted by Crippen LogP contribution is 2.19. The van der Waals surface area contributed by atoms with Gasteiger partial charge in [-0.05, 0) is 36.6 Å². The first-order chi connectivity index (χ1) is 11.9. The van der Waals surface area contributed by atoms with E-state index in [4.69, 9.17) is 10.00 Å². The highest BCUT2D eigenvalue weighted by Gasteiger charge is 2.29. The summed E-state index contributed by atoms with van der Waals surface area (Å²) in [5.74, 6) is -1.30. The molecule has 0 bridgehead atoms. The Labute approximate surface area is 147 Å². The molecule has 0 aliphatic heterocycles. The summed E-state index contributed by atoms with van der Waals surface area (Å²) in [6.07, 6.45) is 0.449. The number of nitrogens with one attached hydrogen (secondary N) is 1. The lowest BCUT2D eigenvalue weighted by Crippen LogP contribution is -2.41. The Morgan fingerprint density at radius 3 is 2.52 bits per heavy atom. The lowest BCUT2D eigenvalue weighted by atomic mass is 9.93. The van der Waals surface area contributed by atoms with Gasteiger partial charge < -0.3 is 10.1 Å². The standard InChI is InChI=1S/C20H22N2O3/c1-20(2,13-21)19(24)22-12-17(18(23)25-3)11-14-8-9-15-6-4-5-7-16(15)10-14/h4-10,17H,11-12H2,1-3H3,(H,22,24)/t17-/m1/s1. The zero-order valence-electron chi connectivity index (χ0n) is 14.7. The van der Waals surface area contributed by atoms with Gasteiger partial charge in [-0.3, -0.25) is 9.59 Å². The van der Waals surface area contributed by atoms with Crippen molar-refractivity contribution < 1.29 is 14.3 Å². The van der Waals surface area contributed by atoms with Crippen molar-refractivity contribution in [3.63, 3.8) is 0 Å². The third-order valence-corrected chi connectivity index (χ3v) is 4.19. The van der Waals surface area contributed by atoms with E-state index in [9.17, 15) is 9.59 Å². The fourth-order valence-corrected chi connectivity index (χ4v) is 2.54. The van der Waals surface area contributed by atoms with Crippen molar-refractivity contribution in [3.05, 3.63) is 48.0 Å². The molecule has 0 saturated heterocycles. The average molecular weight is 338 g/mol. The molecular weight excluding hydrogens is 316 g/mol. The molecule has 2 aromatic rings. The predicted octanol–water partition coefficient (Wildman–Crippen LogP) is 2.84. The lowest BCUT2D eigenvalue weighted by molar-refractivity contribution is -0.145. The Morgan fingerprint density at radius 2 is 1.88 bits per heavy atom. The van der Waals surface area contributed by atoms with Crippen molar-refractivity contribution in [2.45, 2.75) is 20.3 Å². The molecular formula is C20H22N2O3. The van der Waals surface area contributed by atoms with E-state index in [1.165, 1.54) is 7.11 Å². The minimum absolute atomic E-state index is 0.128. The maximum Gasteiger partial charge on any atom is 0.310 e. The van der Waals surface area contributed by atoms with Crippen LogP contribution >= 0.6 is 0 Å². The third-order valence-electron chi connectivity index (χ3n) is 4.19. The predicted molar refractivity (Wildman–Crippen MR) is 95.6 cm³/mol. The fraction of sp³-hybridized carbons (Fsp3) is 0.350. The molecule has 0 heterocycles. The van der Waals surface area contributed by atoms with E-state index in [-0.39, 0.29) is 12.5 Å². The monoisotopic (exact) mass is 338 g/mol. The van der Waals surface area contributed by atoms with E-state index in [1.807, 2.05) is 48.5 Å². The number of fused-ring (bicyclic) bond motifs is 1. The van der Waals surface area contributed by atoms with Crippen LogP contribution in [0.4, 0.5) is 0 Å². The zero-order chi connectivity index (χ0) is 18.4. The largest absolute Gasteiger partial charge is 0.469 e. The van der Waals surface area contributed by atoms with Crippen LogP contribution < -0.4 is 5.32 Å². The Bertz CT molecular complexity index is 821. The molecule has 0 fully saturated rings. The Hall–Kier alpha value is -2.87. The molecule has 0 aliphatic rings. The van der Waals surface area contributed by atoms with Crippen LogP contribution in [-0.4, -0.2) is 25.5 Å². The number of ether oxygens (including phenoxy) is 1. The lowest BCUT2D eigenvalue weighted by Gasteiger charge is -2.19. The van der Waals surface area contributed by atoms with Crippen LogP contribution in [0.1, 0.15) is 19.4 Å². The second-order valence-corrected chi connectivity index (χ2v) is 6.55. The molecule has 5 heteroatoms. The van der Waals surface area contributed by atoms with Gasteiger partial charge in [-0.25, -0.2) is 0 Å². The van der Waals surface area contributed by atoms with Gasteiger partial charge in [0.15, 0.2) is 0 Å². The van der Waals surface area contributed by atoms with Gasteiger partial charge in [0.05, 0.1) is 19.1 Å². The van der Waals surface area contributed by atoms with Crippen molar-refractivity contribution in [2.24, 2.45) is 11.3 Å². The highest BCUT2D eigenvalue weighted by molar-refractivity contribution is 5.85. The van der Waals surface area contributed by atoms with Gasteiger partial charge in [0.1, 0.15) is 5.41 Å². The average Bonchev–Trinajstić information content (AvgIpc) is 2.63.